The maximum Gasteiger partial charge on any atom is 0.165 e. The number of hydrogen-bond donors (Lipinski definition) is 2. The Labute approximate surface area is 127 Å². The first-order valence-corrected chi connectivity index (χ1v) is 8.08. The summed E-state index contributed by atoms with van der Waals surface area (Å²) in [5.74, 6) is 0.616. The molecule has 0 saturated carbocycles. The fourth-order valence-electron chi connectivity index (χ4n) is 2.35. The molecule has 120 valence electrons. The fourth-order valence-corrected chi connectivity index (χ4v) is 2.35. The standard InChI is InChI=1S/C17H29FN2O/c18-13-8-6-4-2-1-3-5-7-9-14-21-17-15(19)11-10-12-16(17)20/h10-12H,1-9,13-14,19-20H2. The minimum absolute atomic E-state index is 0.170. The third kappa shape index (κ3) is 7.78. The van der Waals surface area contributed by atoms with Gasteiger partial charge in [0.1, 0.15) is 0 Å². The molecular weight excluding hydrogens is 267 g/mol. The van der Waals surface area contributed by atoms with E-state index in [2.05, 4.69) is 0 Å². The molecule has 3 nitrogen and oxygen atoms in total. The van der Waals surface area contributed by atoms with Crippen LogP contribution in [0.4, 0.5) is 15.8 Å². The number of benzene rings is 1. The van der Waals surface area contributed by atoms with Gasteiger partial charge in [0.15, 0.2) is 5.75 Å². The van der Waals surface area contributed by atoms with Crippen molar-refractivity contribution in [2.24, 2.45) is 0 Å². The van der Waals surface area contributed by atoms with E-state index in [4.69, 9.17) is 16.2 Å². The van der Waals surface area contributed by atoms with Gasteiger partial charge in [-0.05, 0) is 25.0 Å². The second-order valence-corrected chi connectivity index (χ2v) is 5.49. The number of hydrogen-bond acceptors (Lipinski definition) is 3. The molecule has 21 heavy (non-hydrogen) atoms. The second-order valence-electron chi connectivity index (χ2n) is 5.49. The number of halogens is 1. The van der Waals surface area contributed by atoms with E-state index in [1.165, 1.54) is 32.1 Å². The van der Waals surface area contributed by atoms with Gasteiger partial charge in [0.05, 0.1) is 24.7 Å². The Kier molecular flexibility index (Phi) is 9.42. The van der Waals surface area contributed by atoms with Gasteiger partial charge in [0.2, 0.25) is 0 Å². The Hall–Kier alpha value is -1.45. The van der Waals surface area contributed by atoms with Crippen molar-refractivity contribution in [3.05, 3.63) is 18.2 Å². The van der Waals surface area contributed by atoms with Crippen LogP contribution in [-0.2, 0) is 0 Å². The molecule has 4 N–H and O–H groups in total. The van der Waals surface area contributed by atoms with Crippen molar-refractivity contribution >= 4 is 11.4 Å². The van der Waals surface area contributed by atoms with Crippen molar-refractivity contribution in [1.82, 2.24) is 0 Å². The third-order valence-electron chi connectivity index (χ3n) is 3.60. The number of rotatable bonds is 12. The van der Waals surface area contributed by atoms with E-state index in [9.17, 15) is 4.39 Å². The summed E-state index contributed by atoms with van der Waals surface area (Å²) >= 11 is 0. The van der Waals surface area contributed by atoms with Crippen LogP contribution in [0.3, 0.4) is 0 Å². The highest BCUT2D eigenvalue weighted by atomic mass is 19.1. The zero-order valence-corrected chi connectivity index (χ0v) is 13.0. The summed E-state index contributed by atoms with van der Waals surface area (Å²) in [6.45, 7) is 0.491. The van der Waals surface area contributed by atoms with Gasteiger partial charge < -0.3 is 16.2 Å². The number of para-hydroxylation sites is 1. The topological polar surface area (TPSA) is 61.3 Å². The van der Waals surface area contributed by atoms with Gasteiger partial charge in [-0.3, -0.25) is 4.39 Å². The molecule has 0 aliphatic heterocycles. The highest BCUT2D eigenvalue weighted by Gasteiger charge is 2.03. The summed E-state index contributed by atoms with van der Waals surface area (Å²) in [6, 6.07) is 5.42. The van der Waals surface area contributed by atoms with E-state index in [-0.39, 0.29) is 6.67 Å². The lowest BCUT2D eigenvalue weighted by atomic mass is 10.1. The van der Waals surface area contributed by atoms with Gasteiger partial charge in [-0.1, -0.05) is 51.0 Å². The SMILES string of the molecule is Nc1cccc(N)c1OCCCCCCCCCCCF. The van der Waals surface area contributed by atoms with Gasteiger partial charge >= 0.3 is 0 Å². The summed E-state index contributed by atoms with van der Waals surface area (Å²) in [5, 5.41) is 0. The first kappa shape index (κ1) is 17.6. The Morgan fingerprint density at radius 1 is 0.762 bits per heavy atom. The summed E-state index contributed by atoms with van der Waals surface area (Å²) in [7, 11) is 0. The molecule has 0 bridgehead atoms. The van der Waals surface area contributed by atoms with E-state index in [0.717, 1.165) is 25.7 Å². The predicted molar refractivity (Wildman–Crippen MR) is 88.3 cm³/mol. The van der Waals surface area contributed by atoms with Gasteiger partial charge in [0, 0.05) is 0 Å². The van der Waals surface area contributed by atoms with E-state index < -0.39 is 0 Å². The number of anilines is 2. The molecule has 0 unspecified atom stereocenters. The molecule has 1 aromatic rings. The van der Waals surface area contributed by atoms with E-state index in [0.29, 0.717) is 23.7 Å². The Morgan fingerprint density at radius 3 is 1.76 bits per heavy atom. The molecule has 0 aromatic heterocycles. The van der Waals surface area contributed by atoms with E-state index in [1.54, 1.807) is 12.1 Å². The van der Waals surface area contributed by atoms with E-state index >= 15 is 0 Å². The molecular formula is C17H29FN2O. The summed E-state index contributed by atoms with van der Waals surface area (Å²) in [4.78, 5) is 0. The smallest absolute Gasteiger partial charge is 0.165 e. The van der Waals surface area contributed by atoms with Crippen LogP contribution in [0.25, 0.3) is 0 Å². The molecule has 0 saturated heterocycles. The molecule has 0 amide bonds. The monoisotopic (exact) mass is 296 g/mol. The minimum atomic E-state index is -0.170. The molecule has 0 atom stereocenters. The minimum Gasteiger partial charge on any atom is -0.489 e. The zero-order chi connectivity index (χ0) is 15.3. The van der Waals surface area contributed by atoms with E-state index in [1.807, 2.05) is 6.07 Å². The number of ether oxygens (including phenoxy) is 1. The Bertz CT molecular complexity index is 365. The van der Waals surface area contributed by atoms with Gasteiger partial charge in [-0.2, -0.15) is 0 Å². The van der Waals surface area contributed by atoms with Gasteiger partial charge in [-0.15, -0.1) is 0 Å². The summed E-state index contributed by atoms with van der Waals surface area (Å²) in [6.07, 6.45) is 10.1. The molecule has 0 aliphatic carbocycles. The van der Waals surface area contributed by atoms with Crippen LogP contribution in [0.2, 0.25) is 0 Å². The van der Waals surface area contributed by atoms with Gasteiger partial charge in [-0.25, -0.2) is 0 Å². The van der Waals surface area contributed by atoms with Crippen molar-refractivity contribution in [3.63, 3.8) is 0 Å². The van der Waals surface area contributed by atoms with Crippen LogP contribution in [0.1, 0.15) is 57.8 Å². The fraction of sp³-hybridized carbons (Fsp3) is 0.647. The molecule has 1 aromatic carbocycles. The van der Waals surface area contributed by atoms with Gasteiger partial charge in [0.25, 0.3) is 0 Å². The van der Waals surface area contributed by atoms with Crippen LogP contribution < -0.4 is 16.2 Å². The Morgan fingerprint density at radius 2 is 1.24 bits per heavy atom. The zero-order valence-electron chi connectivity index (χ0n) is 13.0. The second kappa shape index (κ2) is 11.2. The normalized spacial score (nSPS) is 10.7. The van der Waals surface area contributed by atoms with Crippen LogP contribution in [-0.4, -0.2) is 13.3 Å². The quantitative estimate of drug-likeness (QED) is 0.434. The molecule has 0 radical (unpaired) electrons. The summed E-state index contributed by atoms with van der Waals surface area (Å²) < 4.78 is 17.5. The number of nitrogens with two attached hydrogens (primary N) is 2. The van der Waals surface area contributed by atoms with Crippen molar-refractivity contribution in [3.8, 4) is 5.75 Å². The van der Waals surface area contributed by atoms with Crippen molar-refractivity contribution < 1.29 is 9.13 Å². The van der Waals surface area contributed by atoms with Crippen molar-refractivity contribution in [2.45, 2.75) is 57.8 Å². The highest BCUT2D eigenvalue weighted by Crippen LogP contribution is 2.28. The first-order chi connectivity index (χ1) is 10.3. The van der Waals surface area contributed by atoms with Crippen LogP contribution in [0.15, 0.2) is 18.2 Å². The number of alkyl halides is 1. The third-order valence-corrected chi connectivity index (χ3v) is 3.60. The maximum atomic E-state index is 11.9. The lowest BCUT2D eigenvalue weighted by Crippen LogP contribution is -2.03. The highest BCUT2D eigenvalue weighted by molar-refractivity contribution is 5.66. The van der Waals surface area contributed by atoms with Crippen LogP contribution in [0, 0.1) is 0 Å². The summed E-state index contributed by atoms with van der Waals surface area (Å²) in [5.41, 5.74) is 12.8. The van der Waals surface area contributed by atoms with Crippen molar-refractivity contribution in [1.29, 1.82) is 0 Å². The molecule has 0 fully saturated rings. The molecule has 0 aliphatic rings. The average molecular weight is 296 g/mol. The average Bonchev–Trinajstić information content (AvgIpc) is 2.47. The van der Waals surface area contributed by atoms with Crippen molar-refractivity contribution in [2.75, 3.05) is 24.7 Å². The number of nitrogen functional groups attached to an aromatic ring is 2. The predicted octanol–water partition coefficient (Wildman–Crippen LogP) is 4.71. The largest absolute Gasteiger partial charge is 0.489 e. The first-order valence-electron chi connectivity index (χ1n) is 8.08. The molecule has 4 heteroatoms. The molecule has 1 rings (SSSR count). The number of unbranched alkanes of at least 4 members (excludes halogenated alkanes) is 8. The van der Waals surface area contributed by atoms with Crippen LogP contribution in [0.5, 0.6) is 5.75 Å². The Balaban J connectivity index is 1.95. The molecule has 0 heterocycles. The molecule has 0 spiro atoms. The lowest BCUT2D eigenvalue weighted by Gasteiger charge is -2.11. The van der Waals surface area contributed by atoms with Crippen LogP contribution >= 0.6 is 0 Å². The maximum absolute atomic E-state index is 11.9. The lowest BCUT2D eigenvalue weighted by molar-refractivity contribution is 0.307.